The summed E-state index contributed by atoms with van der Waals surface area (Å²) in [6.07, 6.45) is 0.936. The number of hydrogen-bond acceptors (Lipinski definition) is 5. The Bertz CT molecular complexity index is 338. The van der Waals surface area contributed by atoms with E-state index in [0.717, 1.165) is 13.0 Å². The first kappa shape index (κ1) is 11.4. The maximum atomic E-state index is 11.6. The average molecular weight is 241 g/mol. The van der Waals surface area contributed by atoms with Crippen molar-refractivity contribution in [3.05, 3.63) is 0 Å². The lowest BCUT2D eigenvalue weighted by Crippen LogP contribution is -2.31. The third-order valence-corrected chi connectivity index (χ3v) is 3.53. The van der Waals surface area contributed by atoms with Crippen molar-refractivity contribution in [1.82, 2.24) is 5.06 Å². The molecule has 0 radical (unpaired) electrons. The molecule has 0 saturated carbocycles. The quantitative estimate of drug-likeness (QED) is 0.633. The van der Waals surface area contributed by atoms with Crippen molar-refractivity contribution < 1.29 is 19.1 Å². The second kappa shape index (κ2) is 3.67. The number of cyclic esters (lactones) is 1. The molecule has 0 unspecified atom stereocenters. The first-order valence-electron chi connectivity index (χ1n) is 6.22. The second-order valence-corrected chi connectivity index (χ2v) is 6.05. The van der Waals surface area contributed by atoms with E-state index in [2.05, 4.69) is 0 Å². The summed E-state index contributed by atoms with van der Waals surface area (Å²) in [6.45, 7) is 7.29. The minimum atomic E-state index is -0.153. The summed E-state index contributed by atoms with van der Waals surface area (Å²) in [7, 11) is 0. The predicted octanol–water partition coefficient (Wildman–Crippen LogP) is 0.731. The molecule has 3 heterocycles. The van der Waals surface area contributed by atoms with Crippen LogP contribution in [0.1, 0.15) is 27.2 Å². The van der Waals surface area contributed by atoms with E-state index in [1.165, 1.54) is 0 Å². The Morgan fingerprint density at radius 1 is 1.41 bits per heavy atom. The van der Waals surface area contributed by atoms with Crippen LogP contribution in [-0.4, -0.2) is 48.0 Å². The fraction of sp³-hybridized carbons (Fsp3) is 0.917. The van der Waals surface area contributed by atoms with Gasteiger partial charge in [-0.05, 0) is 27.2 Å². The maximum Gasteiger partial charge on any atom is 0.313 e. The van der Waals surface area contributed by atoms with Gasteiger partial charge in [0.15, 0.2) is 0 Å². The number of hydrogen-bond donors (Lipinski definition) is 0. The van der Waals surface area contributed by atoms with Crippen LogP contribution in [0, 0.1) is 5.92 Å². The summed E-state index contributed by atoms with van der Waals surface area (Å²) in [6, 6.07) is 0.141. The van der Waals surface area contributed by atoms with Crippen LogP contribution in [0.4, 0.5) is 0 Å². The predicted molar refractivity (Wildman–Crippen MR) is 59.1 cm³/mol. The number of carbonyl (C=O) groups excluding carboxylic acids is 1. The molecule has 3 rings (SSSR count). The Balaban J connectivity index is 1.67. The molecule has 5 heteroatoms. The van der Waals surface area contributed by atoms with Crippen LogP contribution in [0.2, 0.25) is 0 Å². The van der Waals surface area contributed by atoms with Gasteiger partial charge < -0.3 is 9.47 Å². The minimum absolute atomic E-state index is 0.0666. The number of fused-ring (bicyclic) bond motifs is 3. The topological polar surface area (TPSA) is 48.0 Å². The number of esters is 1. The van der Waals surface area contributed by atoms with Gasteiger partial charge in [-0.25, -0.2) is 0 Å². The summed E-state index contributed by atoms with van der Waals surface area (Å²) >= 11 is 0. The molecule has 0 aromatic carbocycles. The van der Waals surface area contributed by atoms with Gasteiger partial charge in [0.2, 0.25) is 0 Å². The zero-order chi connectivity index (χ0) is 12.2. The van der Waals surface area contributed by atoms with Crippen molar-refractivity contribution in [2.24, 2.45) is 5.92 Å². The number of carbonyl (C=O) groups is 1. The van der Waals surface area contributed by atoms with E-state index < -0.39 is 0 Å². The Hall–Kier alpha value is -0.650. The smallest absolute Gasteiger partial charge is 0.313 e. The van der Waals surface area contributed by atoms with E-state index in [1.54, 1.807) is 0 Å². The molecule has 3 saturated heterocycles. The van der Waals surface area contributed by atoms with Gasteiger partial charge in [-0.1, -0.05) is 0 Å². The summed E-state index contributed by atoms with van der Waals surface area (Å²) in [5.74, 6) is -0.220. The SMILES string of the molecule is CC(C)(C)O[C@@H]1C[C@H]2[C@@H]3C(=O)OC[C@@H]3ON2C1. The van der Waals surface area contributed by atoms with E-state index >= 15 is 0 Å². The van der Waals surface area contributed by atoms with E-state index in [9.17, 15) is 4.79 Å². The summed E-state index contributed by atoms with van der Waals surface area (Å²) < 4.78 is 11.0. The Labute approximate surface area is 101 Å². The van der Waals surface area contributed by atoms with Gasteiger partial charge in [0.1, 0.15) is 18.6 Å². The molecule has 0 aromatic rings. The highest BCUT2D eigenvalue weighted by Gasteiger charge is 2.56. The molecule has 3 fully saturated rings. The van der Waals surface area contributed by atoms with Gasteiger partial charge in [0.05, 0.1) is 24.3 Å². The molecule has 96 valence electrons. The van der Waals surface area contributed by atoms with Crippen molar-refractivity contribution >= 4 is 5.97 Å². The van der Waals surface area contributed by atoms with Crippen LogP contribution in [0.3, 0.4) is 0 Å². The normalized spacial score (nSPS) is 41.5. The van der Waals surface area contributed by atoms with Gasteiger partial charge in [-0.2, -0.15) is 5.06 Å². The molecular formula is C12H19NO4. The number of hydroxylamine groups is 2. The number of nitrogens with zero attached hydrogens (tertiary/aromatic N) is 1. The Morgan fingerprint density at radius 2 is 2.18 bits per heavy atom. The molecule has 0 N–H and O–H groups in total. The summed E-state index contributed by atoms with van der Waals surface area (Å²) in [5, 5.41) is 1.92. The largest absolute Gasteiger partial charge is 0.462 e. The highest BCUT2D eigenvalue weighted by atomic mass is 16.7. The zero-order valence-corrected chi connectivity index (χ0v) is 10.5. The molecule has 0 spiro atoms. The molecule has 0 aliphatic carbocycles. The van der Waals surface area contributed by atoms with Crippen LogP contribution in [0.15, 0.2) is 0 Å². The molecule has 0 bridgehead atoms. The minimum Gasteiger partial charge on any atom is -0.462 e. The standard InChI is InChI=1S/C12H19NO4/c1-12(2,3)16-7-4-8-10-9(6-15-11(10)14)17-13(8)5-7/h7-10H,4-6H2,1-3H3/t7-,8+,9+,10+/m1/s1. The molecular weight excluding hydrogens is 222 g/mol. The highest BCUT2D eigenvalue weighted by molar-refractivity contribution is 5.76. The first-order chi connectivity index (χ1) is 7.94. The zero-order valence-electron chi connectivity index (χ0n) is 10.5. The third kappa shape index (κ3) is 1.96. The fourth-order valence-electron chi connectivity index (χ4n) is 3.02. The molecule has 4 atom stereocenters. The maximum absolute atomic E-state index is 11.6. The van der Waals surface area contributed by atoms with Crippen molar-refractivity contribution in [1.29, 1.82) is 0 Å². The molecule has 17 heavy (non-hydrogen) atoms. The fourth-order valence-corrected chi connectivity index (χ4v) is 3.02. The molecule has 5 nitrogen and oxygen atoms in total. The first-order valence-corrected chi connectivity index (χ1v) is 6.22. The second-order valence-electron chi connectivity index (χ2n) is 6.05. The monoisotopic (exact) mass is 241 g/mol. The van der Waals surface area contributed by atoms with Crippen LogP contribution >= 0.6 is 0 Å². The molecule has 3 aliphatic heterocycles. The van der Waals surface area contributed by atoms with Gasteiger partial charge >= 0.3 is 5.97 Å². The lowest BCUT2D eigenvalue weighted by molar-refractivity contribution is -0.170. The Morgan fingerprint density at radius 3 is 2.88 bits per heavy atom. The van der Waals surface area contributed by atoms with Gasteiger partial charge in [0.25, 0.3) is 0 Å². The van der Waals surface area contributed by atoms with Crippen LogP contribution in [0.5, 0.6) is 0 Å². The average Bonchev–Trinajstić information content (AvgIpc) is 2.75. The van der Waals surface area contributed by atoms with Crippen LogP contribution in [-0.2, 0) is 19.1 Å². The van der Waals surface area contributed by atoms with Crippen molar-refractivity contribution in [3.8, 4) is 0 Å². The van der Waals surface area contributed by atoms with E-state index in [-0.39, 0.29) is 35.7 Å². The molecule has 0 aromatic heterocycles. The molecule has 0 amide bonds. The van der Waals surface area contributed by atoms with Crippen molar-refractivity contribution in [3.63, 3.8) is 0 Å². The van der Waals surface area contributed by atoms with Crippen LogP contribution in [0.25, 0.3) is 0 Å². The van der Waals surface area contributed by atoms with Gasteiger partial charge in [-0.3, -0.25) is 9.63 Å². The lowest BCUT2D eigenvalue weighted by atomic mass is 9.95. The molecule has 3 aliphatic rings. The number of rotatable bonds is 1. The summed E-state index contributed by atoms with van der Waals surface area (Å²) in [5.41, 5.74) is -0.153. The lowest BCUT2D eigenvalue weighted by Gasteiger charge is -2.25. The van der Waals surface area contributed by atoms with Crippen molar-refractivity contribution in [2.75, 3.05) is 13.2 Å². The van der Waals surface area contributed by atoms with Crippen molar-refractivity contribution in [2.45, 2.75) is 51.0 Å². The van der Waals surface area contributed by atoms with Crippen LogP contribution < -0.4 is 0 Å². The van der Waals surface area contributed by atoms with Gasteiger partial charge in [-0.15, -0.1) is 0 Å². The highest BCUT2D eigenvalue weighted by Crippen LogP contribution is 2.40. The van der Waals surface area contributed by atoms with E-state index in [0.29, 0.717) is 6.61 Å². The number of ether oxygens (including phenoxy) is 2. The van der Waals surface area contributed by atoms with Gasteiger partial charge in [0, 0.05) is 0 Å². The van der Waals surface area contributed by atoms with E-state index in [4.69, 9.17) is 14.3 Å². The Kier molecular flexibility index (Phi) is 2.47. The third-order valence-electron chi connectivity index (χ3n) is 3.53. The van der Waals surface area contributed by atoms with E-state index in [1.807, 2.05) is 25.8 Å². The summed E-state index contributed by atoms with van der Waals surface area (Å²) in [4.78, 5) is 17.4.